The first kappa shape index (κ1) is 20.3. The minimum Gasteiger partial charge on any atom is -0.334 e. The summed E-state index contributed by atoms with van der Waals surface area (Å²) in [7, 11) is 0. The van der Waals surface area contributed by atoms with Crippen LogP contribution in [0.4, 0.5) is 10.5 Å². The largest absolute Gasteiger partial charge is 0.334 e. The third kappa shape index (κ3) is 5.16. The minimum atomic E-state index is -0.273. The van der Waals surface area contributed by atoms with Crippen molar-refractivity contribution in [2.45, 2.75) is 32.9 Å². The van der Waals surface area contributed by atoms with Crippen LogP contribution in [0.5, 0.6) is 0 Å². The van der Waals surface area contributed by atoms with E-state index in [1.165, 1.54) is 0 Å². The van der Waals surface area contributed by atoms with Gasteiger partial charge in [0.1, 0.15) is 0 Å². The summed E-state index contributed by atoms with van der Waals surface area (Å²) < 4.78 is 7.30. The van der Waals surface area contributed by atoms with Crippen LogP contribution in [0, 0.1) is 0 Å². The Labute approximate surface area is 180 Å². The highest BCUT2D eigenvalue weighted by Gasteiger charge is 2.12. The van der Waals surface area contributed by atoms with Crippen molar-refractivity contribution >= 4 is 11.7 Å². The predicted molar refractivity (Wildman–Crippen MR) is 117 cm³/mol. The van der Waals surface area contributed by atoms with Gasteiger partial charge in [0.05, 0.1) is 6.33 Å². The number of nitrogens with zero attached hydrogens (tertiary/aromatic N) is 4. The van der Waals surface area contributed by atoms with Crippen molar-refractivity contribution in [3.05, 3.63) is 84.2 Å². The fourth-order valence-electron chi connectivity index (χ4n) is 3.09. The van der Waals surface area contributed by atoms with Gasteiger partial charge in [-0.25, -0.2) is 9.78 Å². The second-order valence-electron chi connectivity index (χ2n) is 7.50. The third-order valence-electron chi connectivity index (χ3n) is 4.82. The van der Waals surface area contributed by atoms with Crippen molar-refractivity contribution < 1.29 is 9.32 Å². The smallest absolute Gasteiger partial charge is 0.319 e. The van der Waals surface area contributed by atoms with Gasteiger partial charge in [0.15, 0.2) is 5.82 Å². The van der Waals surface area contributed by atoms with Crippen molar-refractivity contribution in [2.24, 2.45) is 0 Å². The molecule has 0 spiro atoms. The van der Waals surface area contributed by atoms with E-state index in [0.717, 1.165) is 16.7 Å². The number of amides is 2. The average Bonchev–Trinajstić information content (AvgIpc) is 3.46. The zero-order valence-corrected chi connectivity index (χ0v) is 17.4. The van der Waals surface area contributed by atoms with Crippen LogP contribution in [0.15, 0.2) is 71.8 Å². The van der Waals surface area contributed by atoms with Gasteiger partial charge in [0, 0.05) is 42.7 Å². The average molecular weight is 416 g/mol. The third-order valence-corrected chi connectivity index (χ3v) is 4.82. The van der Waals surface area contributed by atoms with Gasteiger partial charge in [-0.05, 0) is 35.4 Å². The minimum absolute atomic E-state index is 0.201. The van der Waals surface area contributed by atoms with E-state index in [4.69, 9.17) is 4.52 Å². The molecule has 31 heavy (non-hydrogen) atoms. The number of rotatable bonds is 7. The number of carbonyl (C=O) groups is 1. The summed E-state index contributed by atoms with van der Waals surface area (Å²) in [4.78, 5) is 20.8. The second kappa shape index (κ2) is 9.25. The monoisotopic (exact) mass is 416 g/mol. The molecule has 0 atom stereocenters. The standard InChI is InChI=1S/C23H24N6O2/c1-16(2)21-27-22(31-28-21)17-7-9-20(10-8-17)26-23(30)25-13-18-5-3-4-6-19(18)14-29-12-11-24-15-29/h3-12,15-16H,13-14H2,1-2H3,(H2,25,26,30). The highest BCUT2D eigenvalue weighted by Crippen LogP contribution is 2.21. The Morgan fingerprint density at radius 3 is 2.55 bits per heavy atom. The summed E-state index contributed by atoms with van der Waals surface area (Å²) in [5.74, 6) is 1.34. The fourth-order valence-corrected chi connectivity index (χ4v) is 3.09. The van der Waals surface area contributed by atoms with E-state index < -0.39 is 0 Å². The quantitative estimate of drug-likeness (QED) is 0.465. The number of hydrogen-bond acceptors (Lipinski definition) is 5. The van der Waals surface area contributed by atoms with E-state index in [1.807, 2.05) is 54.9 Å². The maximum atomic E-state index is 12.4. The molecule has 0 radical (unpaired) electrons. The van der Waals surface area contributed by atoms with Crippen molar-refractivity contribution in [3.63, 3.8) is 0 Å². The number of nitrogens with one attached hydrogen (secondary N) is 2. The molecule has 2 N–H and O–H groups in total. The van der Waals surface area contributed by atoms with Crippen LogP contribution < -0.4 is 10.6 Å². The van der Waals surface area contributed by atoms with Gasteiger partial charge in [-0.2, -0.15) is 4.98 Å². The van der Waals surface area contributed by atoms with Crippen LogP contribution in [0.25, 0.3) is 11.5 Å². The van der Waals surface area contributed by atoms with Crippen LogP contribution in [0.3, 0.4) is 0 Å². The molecule has 8 heteroatoms. The van der Waals surface area contributed by atoms with E-state index in [9.17, 15) is 4.79 Å². The number of carbonyl (C=O) groups excluding carboxylic acids is 1. The van der Waals surface area contributed by atoms with Crippen molar-refractivity contribution in [2.75, 3.05) is 5.32 Å². The fraction of sp³-hybridized carbons (Fsp3) is 0.217. The molecule has 4 rings (SSSR count). The second-order valence-corrected chi connectivity index (χ2v) is 7.50. The van der Waals surface area contributed by atoms with Crippen LogP contribution >= 0.6 is 0 Å². The molecule has 0 aliphatic carbocycles. The Kier molecular flexibility index (Phi) is 6.07. The highest BCUT2D eigenvalue weighted by atomic mass is 16.5. The maximum Gasteiger partial charge on any atom is 0.319 e. The molecule has 2 amide bonds. The summed E-state index contributed by atoms with van der Waals surface area (Å²) in [5, 5.41) is 9.74. The number of benzene rings is 2. The molecule has 0 aliphatic rings. The summed E-state index contributed by atoms with van der Waals surface area (Å²) in [5.41, 5.74) is 3.67. The van der Waals surface area contributed by atoms with Crippen LogP contribution in [0.1, 0.15) is 36.7 Å². The molecule has 158 valence electrons. The zero-order chi connectivity index (χ0) is 21.6. The molecule has 4 aromatic rings. The van der Waals surface area contributed by atoms with Gasteiger partial charge in [0.25, 0.3) is 5.89 Å². The number of urea groups is 1. The Morgan fingerprint density at radius 1 is 1.10 bits per heavy atom. The molecule has 0 fully saturated rings. The van der Waals surface area contributed by atoms with Crippen LogP contribution in [0.2, 0.25) is 0 Å². The lowest BCUT2D eigenvalue weighted by Crippen LogP contribution is -2.28. The van der Waals surface area contributed by atoms with Gasteiger partial charge in [-0.1, -0.05) is 43.3 Å². The van der Waals surface area contributed by atoms with E-state index >= 15 is 0 Å². The molecule has 2 aromatic heterocycles. The lowest BCUT2D eigenvalue weighted by Gasteiger charge is -2.12. The molecule has 8 nitrogen and oxygen atoms in total. The first-order valence-corrected chi connectivity index (χ1v) is 10.1. The Hall–Kier alpha value is -3.94. The molecule has 2 heterocycles. The number of anilines is 1. The predicted octanol–water partition coefficient (Wildman–Crippen LogP) is 4.43. The first-order chi connectivity index (χ1) is 15.1. The molecule has 0 bridgehead atoms. The molecule has 0 unspecified atom stereocenters. The molecular weight excluding hydrogens is 392 g/mol. The van der Waals surface area contributed by atoms with E-state index in [0.29, 0.717) is 30.5 Å². The SMILES string of the molecule is CC(C)c1noc(-c2ccc(NC(=O)NCc3ccccc3Cn3ccnc3)cc2)n1. The lowest BCUT2D eigenvalue weighted by atomic mass is 10.1. The van der Waals surface area contributed by atoms with Crippen LogP contribution in [-0.2, 0) is 13.1 Å². The molecule has 0 saturated heterocycles. The van der Waals surface area contributed by atoms with Crippen molar-refractivity contribution in [3.8, 4) is 11.5 Å². The van der Waals surface area contributed by atoms with Gasteiger partial charge in [-0.15, -0.1) is 0 Å². The van der Waals surface area contributed by atoms with E-state index in [2.05, 4.69) is 31.8 Å². The van der Waals surface area contributed by atoms with E-state index in [-0.39, 0.29) is 11.9 Å². The van der Waals surface area contributed by atoms with Gasteiger partial charge in [-0.3, -0.25) is 0 Å². The van der Waals surface area contributed by atoms with Crippen molar-refractivity contribution in [1.82, 2.24) is 25.0 Å². The summed E-state index contributed by atoms with van der Waals surface area (Å²) in [6, 6.07) is 15.0. The Balaban J connectivity index is 1.34. The molecule has 2 aromatic carbocycles. The highest BCUT2D eigenvalue weighted by molar-refractivity contribution is 5.89. The first-order valence-electron chi connectivity index (χ1n) is 10.1. The molecular formula is C23H24N6O2. The maximum absolute atomic E-state index is 12.4. The summed E-state index contributed by atoms with van der Waals surface area (Å²) in [6.45, 7) is 5.15. The zero-order valence-electron chi connectivity index (χ0n) is 17.4. The van der Waals surface area contributed by atoms with Gasteiger partial charge in [0.2, 0.25) is 0 Å². The summed E-state index contributed by atoms with van der Waals surface area (Å²) >= 11 is 0. The Bertz CT molecular complexity index is 1130. The molecule has 0 saturated carbocycles. The van der Waals surface area contributed by atoms with Gasteiger partial charge < -0.3 is 19.7 Å². The lowest BCUT2D eigenvalue weighted by molar-refractivity contribution is 0.251. The number of aromatic nitrogens is 4. The number of imidazole rings is 1. The topological polar surface area (TPSA) is 97.9 Å². The summed E-state index contributed by atoms with van der Waals surface area (Å²) in [6.07, 6.45) is 5.44. The van der Waals surface area contributed by atoms with Crippen LogP contribution in [-0.4, -0.2) is 25.7 Å². The normalized spacial score (nSPS) is 10.9. The molecule has 0 aliphatic heterocycles. The van der Waals surface area contributed by atoms with E-state index in [1.54, 1.807) is 24.7 Å². The van der Waals surface area contributed by atoms with Gasteiger partial charge >= 0.3 is 6.03 Å². The Morgan fingerprint density at radius 2 is 1.87 bits per heavy atom. The van der Waals surface area contributed by atoms with Crippen molar-refractivity contribution in [1.29, 1.82) is 0 Å². The number of hydrogen-bond donors (Lipinski definition) is 2.